The quantitative estimate of drug-likeness (QED) is 0.573. The molecule has 4 rings (SSSR count). The molecule has 0 saturated heterocycles. The molecule has 4 aromatic rings. The molecular formula is C19H10N4. The molecule has 2 heterocycles. The van der Waals surface area contributed by atoms with Gasteiger partial charge in [-0.2, -0.15) is 10.5 Å². The van der Waals surface area contributed by atoms with E-state index in [0.29, 0.717) is 16.7 Å². The summed E-state index contributed by atoms with van der Waals surface area (Å²) in [5, 5.41) is 21.0. The summed E-state index contributed by atoms with van der Waals surface area (Å²) < 4.78 is 0. The van der Waals surface area contributed by atoms with Crippen LogP contribution in [0.5, 0.6) is 0 Å². The number of pyridine rings is 1. The Kier molecular flexibility index (Phi) is 2.83. The van der Waals surface area contributed by atoms with Gasteiger partial charge in [0.25, 0.3) is 0 Å². The van der Waals surface area contributed by atoms with Gasteiger partial charge in [-0.05, 0) is 6.07 Å². The maximum atomic E-state index is 9.40. The number of nitrogens with zero attached hydrogens (tertiary/aromatic N) is 3. The molecule has 0 fully saturated rings. The van der Waals surface area contributed by atoms with Crippen LogP contribution in [0.3, 0.4) is 0 Å². The molecular weight excluding hydrogens is 284 g/mol. The summed E-state index contributed by atoms with van der Waals surface area (Å²) in [5.74, 6) is 0. The van der Waals surface area contributed by atoms with E-state index in [1.54, 1.807) is 0 Å². The first-order valence-corrected chi connectivity index (χ1v) is 7.11. The number of aromatic nitrogens is 2. The summed E-state index contributed by atoms with van der Waals surface area (Å²) in [5.41, 5.74) is 4.22. The molecule has 0 aliphatic rings. The van der Waals surface area contributed by atoms with Crippen molar-refractivity contribution in [2.75, 3.05) is 0 Å². The van der Waals surface area contributed by atoms with Gasteiger partial charge in [0.05, 0.1) is 16.6 Å². The zero-order valence-corrected chi connectivity index (χ0v) is 12.0. The van der Waals surface area contributed by atoms with Crippen LogP contribution in [0.15, 0.2) is 54.9 Å². The molecule has 2 aromatic carbocycles. The van der Waals surface area contributed by atoms with Crippen LogP contribution in [-0.2, 0) is 0 Å². The monoisotopic (exact) mass is 294 g/mol. The second-order valence-corrected chi connectivity index (χ2v) is 5.23. The molecule has 0 amide bonds. The molecule has 0 aliphatic carbocycles. The molecule has 2 aromatic heterocycles. The molecule has 4 nitrogen and oxygen atoms in total. The maximum Gasteiger partial charge on any atom is 0.101 e. The third kappa shape index (κ3) is 1.87. The van der Waals surface area contributed by atoms with Gasteiger partial charge in [-0.15, -0.1) is 0 Å². The van der Waals surface area contributed by atoms with Crippen molar-refractivity contribution in [3.8, 4) is 23.3 Å². The SMILES string of the molecule is N#Cc1cncc(C#N)c1-c1cccc2c1[nH]c1ccccc12. The fraction of sp³-hybridized carbons (Fsp3) is 0. The summed E-state index contributed by atoms with van der Waals surface area (Å²) >= 11 is 0. The summed E-state index contributed by atoms with van der Waals surface area (Å²) in [6, 6.07) is 18.2. The first-order valence-electron chi connectivity index (χ1n) is 7.11. The van der Waals surface area contributed by atoms with Crippen molar-refractivity contribution < 1.29 is 0 Å². The van der Waals surface area contributed by atoms with Crippen LogP contribution in [0.4, 0.5) is 0 Å². The van der Waals surface area contributed by atoms with Gasteiger partial charge >= 0.3 is 0 Å². The summed E-state index contributed by atoms with van der Waals surface area (Å²) in [7, 11) is 0. The molecule has 0 bridgehead atoms. The Balaban J connectivity index is 2.17. The summed E-state index contributed by atoms with van der Waals surface area (Å²) in [6.07, 6.45) is 3.00. The Bertz CT molecular complexity index is 1110. The van der Waals surface area contributed by atoms with Gasteiger partial charge in [0, 0.05) is 39.8 Å². The summed E-state index contributed by atoms with van der Waals surface area (Å²) in [4.78, 5) is 7.39. The van der Waals surface area contributed by atoms with Gasteiger partial charge in [-0.25, -0.2) is 0 Å². The largest absolute Gasteiger partial charge is 0.354 e. The van der Waals surface area contributed by atoms with Gasteiger partial charge in [0.1, 0.15) is 12.1 Å². The van der Waals surface area contributed by atoms with E-state index in [1.807, 2.05) is 36.4 Å². The van der Waals surface area contributed by atoms with Crippen molar-refractivity contribution in [2.45, 2.75) is 0 Å². The average molecular weight is 294 g/mol. The first kappa shape index (κ1) is 13.1. The molecule has 0 aliphatic heterocycles. The molecule has 4 heteroatoms. The number of nitriles is 2. The number of nitrogens with one attached hydrogen (secondary N) is 1. The second kappa shape index (κ2) is 4.98. The lowest BCUT2D eigenvalue weighted by Crippen LogP contribution is -1.92. The van der Waals surface area contributed by atoms with Crippen molar-refractivity contribution in [1.82, 2.24) is 9.97 Å². The second-order valence-electron chi connectivity index (χ2n) is 5.23. The molecule has 1 N–H and O–H groups in total. The van der Waals surface area contributed by atoms with Crippen LogP contribution in [0.1, 0.15) is 11.1 Å². The van der Waals surface area contributed by atoms with E-state index >= 15 is 0 Å². The van der Waals surface area contributed by atoms with Crippen LogP contribution in [0.2, 0.25) is 0 Å². The molecule has 0 saturated carbocycles. The van der Waals surface area contributed by atoms with E-state index in [-0.39, 0.29) is 0 Å². The van der Waals surface area contributed by atoms with Crippen molar-refractivity contribution in [3.63, 3.8) is 0 Å². The van der Waals surface area contributed by atoms with Gasteiger partial charge in [-0.1, -0.05) is 36.4 Å². The highest BCUT2D eigenvalue weighted by Gasteiger charge is 2.16. The predicted molar refractivity (Wildman–Crippen MR) is 88.5 cm³/mol. The Labute approximate surface area is 132 Å². The fourth-order valence-electron chi connectivity index (χ4n) is 3.00. The number of rotatable bonds is 1. The van der Waals surface area contributed by atoms with Gasteiger partial charge in [0.15, 0.2) is 0 Å². The number of aromatic amines is 1. The zero-order valence-electron chi connectivity index (χ0n) is 12.0. The third-order valence-electron chi connectivity index (χ3n) is 4.00. The molecule has 106 valence electrons. The van der Waals surface area contributed by atoms with E-state index < -0.39 is 0 Å². The molecule has 0 radical (unpaired) electrons. The lowest BCUT2D eigenvalue weighted by molar-refractivity contribution is 1.28. The smallest absolute Gasteiger partial charge is 0.101 e. The number of benzene rings is 2. The highest BCUT2D eigenvalue weighted by molar-refractivity contribution is 6.12. The third-order valence-corrected chi connectivity index (χ3v) is 4.00. The number of para-hydroxylation sites is 2. The topological polar surface area (TPSA) is 76.3 Å². The fourth-order valence-corrected chi connectivity index (χ4v) is 3.00. The number of hydrogen-bond acceptors (Lipinski definition) is 3. The van der Waals surface area contributed by atoms with Crippen LogP contribution >= 0.6 is 0 Å². The highest BCUT2D eigenvalue weighted by Crippen LogP contribution is 2.35. The van der Waals surface area contributed by atoms with Crippen molar-refractivity contribution in [1.29, 1.82) is 10.5 Å². The zero-order chi connectivity index (χ0) is 15.8. The van der Waals surface area contributed by atoms with Crippen LogP contribution in [0.25, 0.3) is 32.9 Å². The van der Waals surface area contributed by atoms with E-state index in [2.05, 4.69) is 28.2 Å². The van der Waals surface area contributed by atoms with Gasteiger partial charge < -0.3 is 4.98 Å². The van der Waals surface area contributed by atoms with Crippen molar-refractivity contribution in [3.05, 3.63) is 66.0 Å². The molecule has 23 heavy (non-hydrogen) atoms. The Hall–Kier alpha value is -3.63. The van der Waals surface area contributed by atoms with Crippen molar-refractivity contribution in [2.24, 2.45) is 0 Å². The minimum Gasteiger partial charge on any atom is -0.354 e. The predicted octanol–water partition coefficient (Wildman–Crippen LogP) is 4.13. The van der Waals surface area contributed by atoms with E-state index in [4.69, 9.17) is 0 Å². The molecule has 0 unspecified atom stereocenters. The minimum atomic E-state index is 0.398. The molecule has 0 atom stereocenters. The summed E-state index contributed by atoms with van der Waals surface area (Å²) in [6.45, 7) is 0. The normalized spacial score (nSPS) is 10.5. The standard InChI is InChI=1S/C19H10N4/c20-8-12-10-22-11-13(9-21)18(12)16-6-3-5-15-14-4-1-2-7-17(14)23-19(15)16/h1-7,10-11,23H. The van der Waals surface area contributed by atoms with Gasteiger partial charge in [0.2, 0.25) is 0 Å². The Morgan fingerprint density at radius 1 is 0.826 bits per heavy atom. The lowest BCUT2D eigenvalue weighted by Gasteiger charge is -2.07. The minimum absolute atomic E-state index is 0.398. The maximum absolute atomic E-state index is 9.40. The lowest BCUT2D eigenvalue weighted by atomic mass is 9.96. The molecule has 0 spiro atoms. The van der Waals surface area contributed by atoms with E-state index in [0.717, 1.165) is 27.4 Å². The Morgan fingerprint density at radius 2 is 1.52 bits per heavy atom. The van der Waals surface area contributed by atoms with Crippen LogP contribution in [-0.4, -0.2) is 9.97 Å². The number of H-pyrrole nitrogens is 1. The van der Waals surface area contributed by atoms with Crippen LogP contribution in [0, 0.1) is 22.7 Å². The van der Waals surface area contributed by atoms with E-state index in [1.165, 1.54) is 12.4 Å². The highest BCUT2D eigenvalue weighted by atomic mass is 14.7. The van der Waals surface area contributed by atoms with Gasteiger partial charge in [-0.3, -0.25) is 4.98 Å². The average Bonchev–Trinajstić information content (AvgIpc) is 2.99. The van der Waals surface area contributed by atoms with Crippen LogP contribution < -0.4 is 0 Å². The number of fused-ring (bicyclic) bond motifs is 3. The first-order chi connectivity index (χ1) is 11.3. The number of hydrogen-bond donors (Lipinski definition) is 1. The van der Waals surface area contributed by atoms with E-state index in [9.17, 15) is 10.5 Å². The van der Waals surface area contributed by atoms with Crippen molar-refractivity contribution >= 4 is 21.8 Å². The Morgan fingerprint density at radius 3 is 2.26 bits per heavy atom.